The molecular formula is C13H24N2O3. The van der Waals surface area contributed by atoms with Crippen molar-refractivity contribution in [1.82, 2.24) is 10.2 Å². The van der Waals surface area contributed by atoms with Gasteiger partial charge in [0, 0.05) is 6.54 Å². The van der Waals surface area contributed by atoms with Crippen molar-refractivity contribution in [1.29, 1.82) is 0 Å². The largest absolute Gasteiger partial charge is 0.465 e. The maximum atomic E-state index is 11.7. The normalized spacial score (nSPS) is 14.6. The Bertz CT molecular complexity index is 277. The number of carbonyl (C=O) groups excluding carboxylic acids is 2. The summed E-state index contributed by atoms with van der Waals surface area (Å²) in [5.74, 6) is 0.416. The van der Waals surface area contributed by atoms with E-state index in [0.29, 0.717) is 12.5 Å². The van der Waals surface area contributed by atoms with E-state index in [4.69, 9.17) is 4.74 Å². The van der Waals surface area contributed by atoms with E-state index in [1.54, 1.807) is 6.92 Å². The van der Waals surface area contributed by atoms with Crippen LogP contribution < -0.4 is 5.32 Å². The van der Waals surface area contributed by atoms with Gasteiger partial charge in [0.25, 0.3) is 0 Å². The van der Waals surface area contributed by atoms with E-state index in [0.717, 1.165) is 19.5 Å². The average Bonchev–Trinajstić information content (AvgIpc) is 3.10. The number of amides is 1. The molecule has 0 aliphatic heterocycles. The summed E-state index contributed by atoms with van der Waals surface area (Å²) in [5, 5.41) is 2.91. The van der Waals surface area contributed by atoms with Crippen LogP contribution in [0.5, 0.6) is 0 Å². The van der Waals surface area contributed by atoms with E-state index in [1.165, 1.54) is 12.8 Å². The highest BCUT2D eigenvalue weighted by Gasteiger charge is 2.22. The summed E-state index contributed by atoms with van der Waals surface area (Å²) in [6, 6.07) is 0. The topological polar surface area (TPSA) is 58.6 Å². The molecule has 5 nitrogen and oxygen atoms in total. The Hall–Kier alpha value is -1.10. The molecule has 0 radical (unpaired) electrons. The van der Waals surface area contributed by atoms with Crippen LogP contribution in [0, 0.1) is 5.92 Å². The Kier molecular flexibility index (Phi) is 6.72. The molecule has 5 heteroatoms. The molecule has 0 unspecified atom stereocenters. The summed E-state index contributed by atoms with van der Waals surface area (Å²) in [4.78, 5) is 24.9. The van der Waals surface area contributed by atoms with Crippen LogP contribution in [0.1, 0.15) is 33.1 Å². The zero-order valence-electron chi connectivity index (χ0n) is 11.4. The first-order valence-electron chi connectivity index (χ1n) is 6.80. The minimum Gasteiger partial charge on any atom is -0.465 e. The predicted molar refractivity (Wildman–Crippen MR) is 69.1 cm³/mol. The number of hydrogen-bond donors (Lipinski definition) is 1. The van der Waals surface area contributed by atoms with Gasteiger partial charge in [-0.25, -0.2) is 0 Å². The molecule has 1 N–H and O–H groups in total. The SMILES string of the molecule is CCCN(CC(=O)NCC1CC1)CC(=O)OCC. The zero-order valence-corrected chi connectivity index (χ0v) is 11.4. The van der Waals surface area contributed by atoms with Gasteiger partial charge in [0.05, 0.1) is 19.7 Å². The van der Waals surface area contributed by atoms with Crippen molar-refractivity contribution in [3.05, 3.63) is 0 Å². The lowest BCUT2D eigenvalue weighted by Gasteiger charge is -2.19. The van der Waals surface area contributed by atoms with Gasteiger partial charge in [-0.05, 0) is 38.6 Å². The van der Waals surface area contributed by atoms with Crippen molar-refractivity contribution in [2.45, 2.75) is 33.1 Å². The number of nitrogens with zero attached hydrogens (tertiary/aromatic N) is 1. The molecule has 1 rings (SSSR count). The highest BCUT2D eigenvalue weighted by molar-refractivity contribution is 5.79. The van der Waals surface area contributed by atoms with Gasteiger partial charge in [-0.1, -0.05) is 6.92 Å². The monoisotopic (exact) mass is 256 g/mol. The van der Waals surface area contributed by atoms with Gasteiger partial charge >= 0.3 is 5.97 Å². The molecule has 1 amide bonds. The lowest BCUT2D eigenvalue weighted by molar-refractivity contribution is -0.144. The second-order valence-electron chi connectivity index (χ2n) is 4.76. The summed E-state index contributed by atoms with van der Waals surface area (Å²) >= 11 is 0. The fourth-order valence-electron chi connectivity index (χ4n) is 1.76. The second-order valence-corrected chi connectivity index (χ2v) is 4.76. The molecule has 1 fully saturated rings. The first-order valence-corrected chi connectivity index (χ1v) is 6.80. The lowest BCUT2D eigenvalue weighted by atomic mass is 10.3. The summed E-state index contributed by atoms with van der Waals surface area (Å²) in [6.07, 6.45) is 3.36. The molecule has 1 aliphatic rings. The van der Waals surface area contributed by atoms with Crippen molar-refractivity contribution < 1.29 is 14.3 Å². The highest BCUT2D eigenvalue weighted by Crippen LogP contribution is 2.27. The quantitative estimate of drug-likeness (QED) is 0.620. The maximum Gasteiger partial charge on any atom is 0.320 e. The zero-order chi connectivity index (χ0) is 13.4. The molecule has 0 atom stereocenters. The van der Waals surface area contributed by atoms with Crippen molar-refractivity contribution in [3.63, 3.8) is 0 Å². The molecule has 18 heavy (non-hydrogen) atoms. The highest BCUT2D eigenvalue weighted by atomic mass is 16.5. The van der Waals surface area contributed by atoms with Crippen molar-refractivity contribution in [2.75, 3.05) is 32.8 Å². The Labute approximate surface area is 109 Å². The van der Waals surface area contributed by atoms with Gasteiger partial charge in [0.15, 0.2) is 0 Å². The summed E-state index contributed by atoms with van der Waals surface area (Å²) in [5.41, 5.74) is 0. The van der Waals surface area contributed by atoms with E-state index >= 15 is 0 Å². The fraction of sp³-hybridized carbons (Fsp3) is 0.846. The van der Waals surface area contributed by atoms with Crippen LogP contribution in [-0.4, -0.2) is 49.6 Å². The molecule has 1 aliphatic carbocycles. The maximum absolute atomic E-state index is 11.7. The van der Waals surface area contributed by atoms with Gasteiger partial charge in [0.1, 0.15) is 0 Å². The third kappa shape index (κ3) is 6.59. The summed E-state index contributed by atoms with van der Waals surface area (Å²) in [7, 11) is 0. The Morgan fingerprint density at radius 2 is 2.00 bits per heavy atom. The summed E-state index contributed by atoms with van der Waals surface area (Å²) < 4.78 is 4.90. The number of hydrogen-bond acceptors (Lipinski definition) is 4. The number of esters is 1. The molecular weight excluding hydrogens is 232 g/mol. The fourth-order valence-corrected chi connectivity index (χ4v) is 1.76. The van der Waals surface area contributed by atoms with E-state index in [-0.39, 0.29) is 25.0 Å². The number of ether oxygens (including phenoxy) is 1. The first kappa shape index (κ1) is 15.0. The minimum absolute atomic E-state index is 0.000325. The van der Waals surface area contributed by atoms with E-state index in [2.05, 4.69) is 5.32 Å². The molecule has 0 saturated heterocycles. The standard InChI is InChI=1S/C13H24N2O3/c1-3-7-15(10-13(17)18-4-2)9-12(16)14-8-11-5-6-11/h11H,3-10H2,1-2H3,(H,14,16). The Balaban J connectivity index is 2.25. The summed E-state index contributed by atoms with van der Waals surface area (Å²) in [6.45, 7) is 6.17. The molecule has 0 aromatic carbocycles. The lowest BCUT2D eigenvalue weighted by Crippen LogP contribution is -2.41. The number of rotatable bonds is 9. The molecule has 0 heterocycles. The van der Waals surface area contributed by atoms with Crippen molar-refractivity contribution in [2.24, 2.45) is 5.92 Å². The van der Waals surface area contributed by atoms with Gasteiger partial charge < -0.3 is 10.1 Å². The van der Waals surface area contributed by atoms with Crippen LogP contribution >= 0.6 is 0 Å². The van der Waals surface area contributed by atoms with Crippen molar-refractivity contribution >= 4 is 11.9 Å². The number of nitrogens with one attached hydrogen (secondary N) is 1. The van der Waals surface area contributed by atoms with Gasteiger partial charge in [0.2, 0.25) is 5.91 Å². The number of carbonyl (C=O) groups is 2. The van der Waals surface area contributed by atoms with E-state index in [9.17, 15) is 9.59 Å². The Morgan fingerprint density at radius 3 is 2.56 bits per heavy atom. The van der Waals surface area contributed by atoms with E-state index < -0.39 is 0 Å². The van der Waals surface area contributed by atoms with Gasteiger partial charge in [-0.3, -0.25) is 14.5 Å². The third-order valence-electron chi connectivity index (χ3n) is 2.85. The van der Waals surface area contributed by atoms with Crippen LogP contribution in [0.4, 0.5) is 0 Å². The minimum atomic E-state index is -0.263. The molecule has 104 valence electrons. The third-order valence-corrected chi connectivity index (χ3v) is 2.85. The molecule has 1 saturated carbocycles. The Morgan fingerprint density at radius 1 is 1.28 bits per heavy atom. The average molecular weight is 256 g/mol. The van der Waals surface area contributed by atoms with Crippen LogP contribution in [-0.2, 0) is 14.3 Å². The van der Waals surface area contributed by atoms with Crippen LogP contribution in [0.3, 0.4) is 0 Å². The smallest absolute Gasteiger partial charge is 0.320 e. The van der Waals surface area contributed by atoms with Crippen molar-refractivity contribution in [3.8, 4) is 0 Å². The van der Waals surface area contributed by atoms with Crippen LogP contribution in [0.25, 0.3) is 0 Å². The van der Waals surface area contributed by atoms with Crippen LogP contribution in [0.2, 0.25) is 0 Å². The molecule has 0 bridgehead atoms. The first-order chi connectivity index (χ1) is 8.65. The van der Waals surface area contributed by atoms with E-state index in [1.807, 2.05) is 11.8 Å². The predicted octanol–water partition coefficient (Wildman–Crippen LogP) is 0.788. The second kappa shape index (κ2) is 8.08. The van der Waals surface area contributed by atoms with Gasteiger partial charge in [-0.15, -0.1) is 0 Å². The molecule has 0 aromatic rings. The van der Waals surface area contributed by atoms with Gasteiger partial charge in [-0.2, -0.15) is 0 Å². The molecule has 0 spiro atoms. The van der Waals surface area contributed by atoms with Crippen LogP contribution in [0.15, 0.2) is 0 Å². The molecule has 0 aromatic heterocycles.